The molecular formula is C83H91N4NaO9S. The maximum atomic E-state index is 14.6. The number of nitrogens with two attached hydrogens (primary N) is 2. The number of benzene rings is 7. The molecule has 504 valence electrons. The molecule has 6 aliphatic carbocycles. The van der Waals surface area contributed by atoms with Gasteiger partial charge in [-0.3, -0.25) is 0 Å². The average Bonchev–Trinajstić information content (AvgIpc) is 1.10. The van der Waals surface area contributed by atoms with Crippen molar-refractivity contribution < 1.29 is 72.4 Å². The molecule has 0 amide bonds. The quantitative estimate of drug-likeness (QED) is 0.0179. The summed E-state index contributed by atoms with van der Waals surface area (Å²) >= 11 is 0. The van der Waals surface area contributed by atoms with E-state index in [1.54, 1.807) is 12.1 Å². The Hall–Kier alpha value is -6.32. The fourth-order valence-corrected chi connectivity index (χ4v) is 22.0. The van der Waals surface area contributed by atoms with E-state index in [1.807, 2.05) is 25.2 Å². The third-order valence-electron chi connectivity index (χ3n) is 25.3. The molecule has 0 radical (unpaired) electrons. The summed E-state index contributed by atoms with van der Waals surface area (Å²) in [5.74, 6) is 4.21. The summed E-state index contributed by atoms with van der Waals surface area (Å²) in [7, 11) is -2.97. The number of nitrogens with zero attached hydrogens (tertiary/aromatic N) is 1. The van der Waals surface area contributed by atoms with Gasteiger partial charge in [-0.25, -0.2) is 13.4 Å². The standard InChI is InChI=1S/C83H92N4O9S.Na/c1-47-14-15-55-40-64-27-32-66(55)71(47)43-75(97(92,93)94)72-42-59-38-58(41-65-34-49(46-88)10-6-12-53-39-63(89)26-31-69(53)80(59)95-65)76(72)51-16-23-62(24-17-51)83(96-64,87-81(84)85)73-33-25-61-22-18-57(44-82(61,91)74(73)35-48-8-4-3-5-9-48)52-20-29-68-54(36-52)21-28-67-60(45-86-2)37-56-13-7-11-50-19-30-70(79(68)90)78(67)77(50)56;/h3-5,7-9,11,13,16-17,20,23-24,26-27,29,31-32,36-37,39-40,42,47,49,57-58,61,65,70-76,79-80,86,88-91H,10,14-15,18-19,21-22,25,28,30,33-35,38,41,43-46H2,1-2H3,(H4,84,85,87)(H,92,93,94);/q;+1/p-1. The SMILES string of the molecule is CNCc1cc2cccc3c2c2c1CCc1cc(C4CCC5CCC(C6(N=C(N)N)Oc7ccc8c(c7)CCC(C)C8CC(S(=O)(=O)[O-])C7C=C8CC(CC9CC(CO)CC#Cc%10cc(O)ccc%10C8O9)C7c7ccc6cc7)C(Cc6ccccc6)C5(O)C4)ccc1C(O)C2CC3.[Na+]. The molecule has 15 heteroatoms. The van der Waals surface area contributed by atoms with Gasteiger partial charge in [0.1, 0.15) is 17.6 Å². The minimum atomic E-state index is -4.98. The Bertz CT molecular complexity index is 4450. The van der Waals surface area contributed by atoms with E-state index < -0.39 is 62.6 Å². The number of hydrogen-bond acceptors (Lipinski definition) is 11. The molecule has 1 saturated heterocycles. The number of fused-ring (bicyclic) bond motifs is 10. The second kappa shape index (κ2) is 26.9. The summed E-state index contributed by atoms with van der Waals surface area (Å²) in [6, 6.07) is 45.9. The van der Waals surface area contributed by atoms with Crippen LogP contribution in [0.3, 0.4) is 0 Å². The number of rotatable bonds is 9. The Morgan fingerprint density at radius 3 is 2.37 bits per heavy atom. The number of aliphatic hydroxyl groups is 3. The Labute approximate surface area is 599 Å². The van der Waals surface area contributed by atoms with Gasteiger partial charge >= 0.3 is 29.6 Å². The van der Waals surface area contributed by atoms with Crippen LogP contribution in [0.1, 0.15) is 198 Å². The molecule has 7 aromatic rings. The zero-order valence-electron chi connectivity index (χ0n) is 56.7. The van der Waals surface area contributed by atoms with Crippen molar-refractivity contribution in [2.24, 2.45) is 57.9 Å². The van der Waals surface area contributed by atoms with E-state index in [2.05, 4.69) is 133 Å². The third-order valence-corrected chi connectivity index (χ3v) is 26.6. The Morgan fingerprint density at radius 1 is 0.796 bits per heavy atom. The molecule has 0 aromatic heterocycles. The molecule has 10 bridgehead atoms. The molecule has 18 rings (SSSR count). The molecular weight excluding hydrogens is 1250 g/mol. The first-order chi connectivity index (χ1) is 46.9. The van der Waals surface area contributed by atoms with Crippen LogP contribution in [-0.4, -0.2) is 70.0 Å². The van der Waals surface area contributed by atoms with E-state index in [9.17, 15) is 33.4 Å². The van der Waals surface area contributed by atoms with Crippen LogP contribution >= 0.6 is 0 Å². The molecule has 7 aromatic carbocycles. The van der Waals surface area contributed by atoms with Crippen molar-refractivity contribution in [3.8, 4) is 23.3 Å². The zero-order chi connectivity index (χ0) is 66.6. The van der Waals surface area contributed by atoms with Gasteiger partial charge in [-0.15, -0.1) is 0 Å². The van der Waals surface area contributed by atoms with Crippen LogP contribution in [0.5, 0.6) is 11.5 Å². The van der Waals surface area contributed by atoms with Gasteiger partial charge in [0.2, 0.25) is 5.72 Å². The van der Waals surface area contributed by atoms with E-state index >= 15 is 0 Å². The second-order valence-corrected chi connectivity index (χ2v) is 32.2. The summed E-state index contributed by atoms with van der Waals surface area (Å²) in [4.78, 5) is 5.42. The number of allylic oxidation sites excluding steroid dienone is 1. The van der Waals surface area contributed by atoms with Crippen LogP contribution in [0.2, 0.25) is 0 Å². The number of hydrogen-bond donors (Lipinski definition) is 7. The predicted molar refractivity (Wildman–Crippen MR) is 377 cm³/mol. The van der Waals surface area contributed by atoms with E-state index in [4.69, 9.17) is 25.9 Å². The topological polar surface area (TPSA) is 233 Å². The fourth-order valence-electron chi connectivity index (χ4n) is 20.9. The van der Waals surface area contributed by atoms with Crippen molar-refractivity contribution in [1.29, 1.82) is 0 Å². The van der Waals surface area contributed by atoms with E-state index in [0.717, 1.165) is 90.4 Å². The van der Waals surface area contributed by atoms with Gasteiger partial charge in [0.05, 0.1) is 33.2 Å². The van der Waals surface area contributed by atoms with Crippen LogP contribution in [0, 0.1) is 53.3 Å². The molecule has 3 fully saturated rings. The van der Waals surface area contributed by atoms with Crippen molar-refractivity contribution in [2.45, 2.75) is 181 Å². The van der Waals surface area contributed by atoms with Gasteiger partial charge in [0, 0.05) is 54.0 Å². The zero-order valence-corrected chi connectivity index (χ0v) is 59.5. The second-order valence-electron chi connectivity index (χ2n) is 30.6. The van der Waals surface area contributed by atoms with E-state index in [1.165, 1.54) is 44.2 Å². The molecule has 13 nitrogen and oxygen atoms in total. The van der Waals surface area contributed by atoms with E-state index in [0.29, 0.717) is 74.7 Å². The molecule has 9 N–H and O–H groups in total. The van der Waals surface area contributed by atoms with Gasteiger partial charge in [0.15, 0.2) is 5.96 Å². The van der Waals surface area contributed by atoms with Gasteiger partial charge in [-0.05, 0) is 265 Å². The van der Waals surface area contributed by atoms with Crippen molar-refractivity contribution in [1.82, 2.24) is 5.32 Å². The van der Waals surface area contributed by atoms with Gasteiger partial charge < -0.3 is 51.2 Å². The molecule has 2 saturated carbocycles. The molecule has 11 aliphatic rings. The summed E-state index contributed by atoms with van der Waals surface area (Å²) in [5.41, 5.74) is 26.5. The number of aliphatic hydroxyl groups excluding tert-OH is 2. The fraction of sp³-hybridized carbons (Fsp3) is 0.458. The van der Waals surface area contributed by atoms with Crippen molar-refractivity contribution >= 4 is 26.9 Å². The number of phenolic OH excluding ortho intramolecular Hbond substituents is 1. The molecule has 17 atom stereocenters. The normalized spacial score (nSPS) is 32.1. The molecule has 5 aliphatic heterocycles. The van der Waals surface area contributed by atoms with Gasteiger partial charge in [0.25, 0.3) is 0 Å². The maximum absolute atomic E-state index is 14.6. The number of guanidine groups is 1. The van der Waals surface area contributed by atoms with Crippen molar-refractivity contribution in [2.75, 3.05) is 13.7 Å². The summed E-state index contributed by atoms with van der Waals surface area (Å²) in [6.45, 7) is 2.84. The maximum Gasteiger partial charge on any atom is 1.00 e. The first-order valence-corrected chi connectivity index (χ1v) is 37.5. The smallest absolute Gasteiger partial charge is 0.748 e. The van der Waals surface area contributed by atoms with E-state index in [-0.39, 0.29) is 102 Å². The summed E-state index contributed by atoms with van der Waals surface area (Å²) in [5, 5.41) is 53.6. The van der Waals surface area contributed by atoms with Crippen molar-refractivity contribution in [3.05, 3.63) is 223 Å². The number of nitrogens with one attached hydrogen (secondary N) is 1. The number of phenols is 1. The predicted octanol–water partition coefficient (Wildman–Crippen LogP) is 10.1. The first kappa shape index (κ1) is 67.5. The molecule has 5 heterocycles. The Balaban J connectivity index is 0.00000784. The van der Waals surface area contributed by atoms with Gasteiger partial charge in [-0.1, -0.05) is 128 Å². The number of aryl methyl sites for hydroxylation is 3. The number of ether oxygens (including phenoxy) is 2. The monoisotopic (exact) mass is 1340 g/mol. The minimum Gasteiger partial charge on any atom is -0.748 e. The minimum absolute atomic E-state index is 0. The van der Waals surface area contributed by atoms with Crippen LogP contribution in [0.4, 0.5) is 0 Å². The van der Waals surface area contributed by atoms with Crippen molar-refractivity contribution in [3.63, 3.8) is 0 Å². The molecule has 0 spiro atoms. The third kappa shape index (κ3) is 12.1. The first-order valence-electron chi connectivity index (χ1n) is 36.0. The summed E-state index contributed by atoms with van der Waals surface area (Å²) in [6.07, 6.45) is 11.6. The molecule has 17 unspecified atom stereocenters. The van der Waals surface area contributed by atoms with Crippen LogP contribution < -0.4 is 51.1 Å². The largest absolute Gasteiger partial charge is 1.00 e. The summed E-state index contributed by atoms with van der Waals surface area (Å²) < 4.78 is 58.7. The average molecular weight is 1340 g/mol. The van der Waals surface area contributed by atoms with Gasteiger partial charge in [-0.2, -0.15) is 0 Å². The van der Waals surface area contributed by atoms with Crippen LogP contribution in [0.15, 0.2) is 150 Å². The Morgan fingerprint density at radius 2 is 1.57 bits per heavy atom. The molecule has 98 heavy (non-hydrogen) atoms. The van der Waals surface area contributed by atoms with Crippen LogP contribution in [0.25, 0.3) is 10.8 Å². The Kier molecular flexibility index (Phi) is 18.5. The number of aromatic hydroxyl groups is 1. The number of aliphatic imine (C=N–C) groups is 1. The van der Waals surface area contributed by atoms with Crippen LogP contribution in [-0.2, 0) is 59.2 Å².